The number of carbonyl (C=O) groups is 1. The Morgan fingerprint density at radius 2 is 1.42 bits per heavy atom. The van der Waals surface area contributed by atoms with Gasteiger partial charge in [-0.2, -0.15) is 0 Å². The molecule has 0 aliphatic rings. The van der Waals surface area contributed by atoms with Gasteiger partial charge in [-0.25, -0.2) is 4.79 Å². The van der Waals surface area contributed by atoms with E-state index in [1.165, 1.54) is 0 Å². The largest absolute Gasteiger partial charge is 0.491 e. The summed E-state index contributed by atoms with van der Waals surface area (Å²) in [7, 11) is 0. The Balaban J connectivity index is 2.91. The van der Waals surface area contributed by atoms with E-state index in [9.17, 15) is 4.79 Å². The van der Waals surface area contributed by atoms with Gasteiger partial charge in [0.25, 0.3) is 0 Å². The fraction of sp³-hybridized carbons (Fsp3) is 0.182. The molecule has 0 saturated heterocycles. The van der Waals surface area contributed by atoms with E-state index in [0.717, 1.165) is 22.4 Å². The highest BCUT2D eigenvalue weighted by Crippen LogP contribution is 2.48. The molecule has 0 bridgehead atoms. The molecule has 0 heterocycles. The predicted octanol–water partition coefficient (Wildman–Crippen LogP) is 5.91. The number of carboxylic acids is 1. The fourth-order valence-electron chi connectivity index (χ4n) is 1.09. The third kappa shape index (κ3) is 4.30. The number of halogens is 5. The third-order valence-electron chi connectivity index (χ3n) is 2.12. The van der Waals surface area contributed by atoms with Crippen LogP contribution in [0.3, 0.4) is 0 Å². The van der Waals surface area contributed by atoms with Gasteiger partial charge < -0.3 is 9.84 Å². The second-order valence-electron chi connectivity index (χ2n) is 3.41. The molecule has 1 N–H and O–H groups in total. The number of hydrogen-bond acceptors (Lipinski definition) is 2. The molecule has 0 aliphatic heterocycles. The van der Waals surface area contributed by atoms with Gasteiger partial charge in [0.05, 0.1) is 24.5 Å². The van der Waals surface area contributed by atoms with E-state index in [1.807, 2.05) is 0 Å². The first-order chi connectivity index (χ1) is 8.77. The molecule has 19 heavy (non-hydrogen) atoms. The fourth-order valence-corrected chi connectivity index (χ4v) is 4.33. The summed E-state index contributed by atoms with van der Waals surface area (Å²) in [5.41, 5.74) is 0.113. The summed E-state index contributed by atoms with van der Waals surface area (Å²) in [6, 6.07) is 0. The van der Waals surface area contributed by atoms with E-state index >= 15 is 0 Å². The quantitative estimate of drug-likeness (QED) is 0.265. The van der Waals surface area contributed by atoms with Crippen molar-refractivity contribution in [3.63, 3.8) is 0 Å². The van der Waals surface area contributed by atoms with Crippen molar-refractivity contribution in [1.29, 1.82) is 0 Å². The number of rotatable bonds is 5. The highest BCUT2D eigenvalue weighted by Gasteiger charge is 2.19. The second kappa shape index (κ2) is 7.59. The van der Waals surface area contributed by atoms with Crippen LogP contribution in [0.1, 0.15) is 6.42 Å². The third-order valence-corrected chi connectivity index (χ3v) is 8.14. The highest BCUT2D eigenvalue weighted by atomic mass is 79.9. The number of hydrogen-bond donors (Lipinski definition) is 1. The average Bonchev–Trinajstić information content (AvgIpc) is 2.37. The Morgan fingerprint density at radius 1 is 1.00 bits per heavy atom. The van der Waals surface area contributed by atoms with Crippen LogP contribution in [-0.2, 0) is 4.79 Å². The Kier molecular flexibility index (Phi) is 7.06. The summed E-state index contributed by atoms with van der Waals surface area (Å²) in [6.07, 6.45) is 0.250. The normalized spacial score (nSPS) is 10.4. The molecule has 0 spiro atoms. The standard InChI is InChI=1S/C11H7Br5O3/c1-4(11(17)18)2-3-19-10-8(15)6(13)5(12)7(14)9(10)16/h1-3H2,(H,17,18). The molecule has 0 radical (unpaired) electrons. The minimum atomic E-state index is -1.01. The summed E-state index contributed by atoms with van der Waals surface area (Å²) >= 11 is 17.1. The van der Waals surface area contributed by atoms with Gasteiger partial charge in [-0.05, 0) is 79.6 Å². The zero-order chi connectivity index (χ0) is 14.7. The lowest BCUT2D eigenvalue weighted by Gasteiger charge is -2.14. The van der Waals surface area contributed by atoms with E-state index in [1.54, 1.807) is 0 Å². The maximum absolute atomic E-state index is 10.6. The SMILES string of the molecule is C=C(CCOc1c(Br)c(Br)c(Br)c(Br)c1Br)C(=O)O. The second-order valence-corrected chi connectivity index (χ2v) is 7.37. The Labute approximate surface area is 152 Å². The van der Waals surface area contributed by atoms with Crippen molar-refractivity contribution >= 4 is 85.6 Å². The molecule has 8 heteroatoms. The Morgan fingerprint density at radius 3 is 1.84 bits per heavy atom. The number of benzene rings is 1. The van der Waals surface area contributed by atoms with Crippen molar-refractivity contribution < 1.29 is 14.6 Å². The topological polar surface area (TPSA) is 46.5 Å². The van der Waals surface area contributed by atoms with Crippen molar-refractivity contribution in [2.45, 2.75) is 6.42 Å². The van der Waals surface area contributed by atoms with E-state index in [-0.39, 0.29) is 18.6 Å². The van der Waals surface area contributed by atoms with Gasteiger partial charge in [0.1, 0.15) is 5.75 Å². The van der Waals surface area contributed by atoms with E-state index in [0.29, 0.717) is 5.75 Å². The van der Waals surface area contributed by atoms with Crippen LogP contribution in [0.4, 0.5) is 0 Å². The van der Waals surface area contributed by atoms with Gasteiger partial charge in [-0.15, -0.1) is 0 Å². The molecule has 0 aromatic heterocycles. The number of ether oxygens (including phenoxy) is 1. The lowest BCUT2D eigenvalue weighted by Crippen LogP contribution is -2.06. The van der Waals surface area contributed by atoms with Crippen molar-refractivity contribution in [3.8, 4) is 5.75 Å². The van der Waals surface area contributed by atoms with Crippen LogP contribution in [0.2, 0.25) is 0 Å². The summed E-state index contributed by atoms with van der Waals surface area (Å²) in [4.78, 5) is 10.6. The van der Waals surface area contributed by atoms with Crippen LogP contribution in [0.5, 0.6) is 5.75 Å². The van der Waals surface area contributed by atoms with Gasteiger partial charge in [0.2, 0.25) is 0 Å². The maximum atomic E-state index is 10.6. The van der Waals surface area contributed by atoms with Gasteiger partial charge in [-0.3, -0.25) is 0 Å². The molecule has 0 amide bonds. The molecule has 0 unspecified atom stereocenters. The maximum Gasteiger partial charge on any atom is 0.331 e. The lowest BCUT2D eigenvalue weighted by molar-refractivity contribution is -0.132. The van der Waals surface area contributed by atoms with Crippen LogP contribution >= 0.6 is 79.6 Å². The first-order valence-electron chi connectivity index (χ1n) is 4.82. The molecule has 1 rings (SSSR count). The molecule has 3 nitrogen and oxygen atoms in total. The van der Waals surface area contributed by atoms with Crippen LogP contribution in [-0.4, -0.2) is 17.7 Å². The molecular weight excluding hydrogens is 580 g/mol. The number of aliphatic carboxylic acids is 1. The smallest absolute Gasteiger partial charge is 0.331 e. The zero-order valence-corrected chi connectivity index (χ0v) is 17.2. The van der Waals surface area contributed by atoms with Gasteiger partial charge in [0.15, 0.2) is 0 Å². The Bertz CT molecular complexity index is 513. The molecular formula is C11H7Br5O3. The molecule has 0 saturated carbocycles. The molecule has 104 valence electrons. The first-order valence-corrected chi connectivity index (χ1v) is 8.79. The van der Waals surface area contributed by atoms with Crippen LogP contribution in [0.15, 0.2) is 34.5 Å². The molecule has 1 aromatic carbocycles. The lowest BCUT2D eigenvalue weighted by atomic mass is 10.2. The molecule has 0 aliphatic carbocycles. The predicted molar refractivity (Wildman–Crippen MR) is 91.8 cm³/mol. The van der Waals surface area contributed by atoms with E-state index in [4.69, 9.17) is 9.84 Å². The van der Waals surface area contributed by atoms with Crippen molar-refractivity contribution in [3.05, 3.63) is 34.5 Å². The molecule has 1 aromatic rings. The highest BCUT2D eigenvalue weighted by molar-refractivity contribution is 9.15. The zero-order valence-electron chi connectivity index (χ0n) is 9.27. The van der Waals surface area contributed by atoms with Crippen LogP contribution in [0, 0.1) is 0 Å². The summed E-state index contributed by atoms with van der Waals surface area (Å²) in [5, 5.41) is 8.72. The summed E-state index contributed by atoms with van der Waals surface area (Å²) < 4.78 is 9.51. The van der Waals surface area contributed by atoms with Crippen LogP contribution < -0.4 is 4.74 Å². The van der Waals surface area contributed by atoms with Gasteiger partial charge in [0, 0.05) is 16.5 Å². The first kappa shape index (κ1) is 17.7. The Hall–Kier alpha value is 0.630. The van der Waals surface area contributed by atoms with E-state index < -0.39 is 5.97 Å². The summed E-state index contributed by atoms with van der Waals surface area (Å²) in [6.45, 7) is 3.68. The van der Waals surface area contributed by atoms with Crippen molar-refractivity contribution in [1.82, 2.24) is 0 Å². The monoisotopic (exact) mass is 582 g/mol. The minimum Gasteiger partial charge on any atom is -0.491 e. The number of carboxylic acid groups (broad SMARTS) is 1. The van der Waals surface area contributed by atoms with Crippen molar-refractivity contribution in [2.75, 3.05) is 6.61 Å². The molecule has 0 atom stereocenters. The van der Waals surface area contributed by atoms with Crippen molar-refractivity contribution in [2.24, 2.45) is 0 Å². The minimum absolute atomic E-state index is 0.113. The van der Waals surface area contributed by atoms with Gasteiger partial charge >= 0.3 is 5.97 Å². The summed E-state index contributed by atoms with van der Waals surface area (Å²) in [5.74, 6) is -0.431. The molecule has 0 fully saturated rings. The van der Waals surface area contributed by atoms with Gasteiger partial charge in [-0.1, -0.05) is 6.58 Å². The van der Waals surface area contributed by atoms with Crippen LogP contribution in [0.25, 0.3) is 0 Å². The van der Waals surface area contributed by atoms with E-state index in [2.05, 4.69) is 86.2 Å². The average molecular weight is 587 g/mol.